The number of hydrogen-bond donors (Lipinski definition) is 0. The minimum absolute atomic E-state index is 0.0860. The molecule has 0 fully saturated rings. The molecule has 0 atom stereocenters. The number of carboxylic acids is 2. The van der Waals surface area contributed by atoms with Gasteiger partial charge in [-0.3, -0.25) is 33.8 Å². The molecule has 2 heterocycles. The lowest BCUT2D eigenvalue weighted by Gasteiger charge is -2.13. The van der Waals surface area contributed by atoms with Gasteiger partial charge in [-0.05, 0) is 62.8 Å². The van der Waals surface area contributed by atoms with E-state index in [4.69, 9.17) is 0 Å². The van der Waals surface area contributed by atoms with Gasteiger partial charge in [0.2, 0.25) is 0 Å². The highest BCUT2D eigenvalue weighted by Gasteiger charge is 2.37. The topological polar surface area (TPSA) is 172 Å². The number of ketones is 1. The van der Waals surface area contributed by atoms with Gasteiger partial charge < -0.3 is 19.8 Å². The Morgan fingerprint density at radius 1 is 0.525 bits per heavy atom. The number of imide groups is 2. The summed E-state index contributed by atoms with van der Waals surface area (Å²) in [6.07, 6.45) is 2.44. The molecule has 208 valence electrons. The second-order valence-corrected chi connectivity index (χ2v) is 9.74. The quantitative estimate of drug-likeness (QED) is 0.188. The number of carbonyl (C=O) groups is 7. The Labute approximate surface area is 229 Å². The van der Waals surface area contributed by atoms with Gasteiger partial charge in [-0.2, -0.15) is 0 Å². The van der Waals surface area contributed by atoms with E-state index in [0.717, 1.165) is 9.80 Å². The van der Waals surface area contributed by atoms with E-state index in [1.165, 1.54) is 36.4 Å². The van der Waals surface area contributed by atoms with Crippen LogP contribution in [-0.2, 0) is 9.59 Å². The highest BCUT2D eigenvalue weighted by atomic mass is 16.4. The first kappa shape index (κ1) is 28.3. The highest BCUT2D eigenvalue weighted by Crippen LogP contribution is 2.28. The van der Waals surface area contributed by atoms with Gasteiger partial charge in [0.1, 0.15) is 0 Å². The Morgan fingerprint density at radius 2 is 0.900 bits per heavy atom. The number of hydrogen-bond acceptors (Lipinski definition) is 9. The summed E-state index contributed by atoms with van der Waals surface area (Å²) in [5.74, 6) is -4.86. The molecule has 4 rings (SSSR count). The molecule has 4 amide bonds. The summed E-state index contributed by atoms with van der Waals surface area (Å²) < 4.78 is 0. The predicted octanol–water partition coefficient (Wildman–Crippen LogP) is 0.730. The van der Waals surface area contributed by atoms with Gasteiger partial charge >= 0.3 is 0 Å². The fraction of sp³-hybridized carbons (Fsp3) is 0.345. The van der Waals surface area contributed by atoms with Crippen molar-refractivity contribution in [2.45, 2.75) is 51.4 Å². The maximum absolute atomic E-state index is 13.3. The van der Waals surface area contributed by atoms with Gasteiger partial charge in [0.15, 0.2) is 5.78 Å². The van der Waals surface area contributed by atoms with Crippen molar-refractivity contribution < 1.29 is 43.8 Å². The highest BCUT2D eigenvalue weighted by molar-refractivity contribution is 6.24. The first-order valence-electron chi connectivity index (χ1n) is 13.0. The molecule has 0 saturated carbocycles. The molecule has 0 radical (unpaired) electrons. The van der Waals surface area contributed by atoms with Crippen LogP contribution >= 0.6 is 0 Å². The molecule has 0 spiro atoms. The maximum Gasteiger partial charge on any atom is 0.261 e. The largest absolute Gasteiger partial charge is 0.550 e. The third kappa shape index (κ3) is 5.83. The molecule has 0 aliphatic carbocycles. The zero-order valence-corrected chi connectivity index (χ0v) is 21.6. The van der Waals surface area contributed by atoms with Gasteiger partial charge in [0.05, 0.1) is 22.3 Å². The average molecular weight is 547 g/mol. The van der Waals surface area contributed by atoms with Crippen LogP contribution < -0.4 is 10.2 Å². The summed E-state index contributed by atoms with van der Waals surface area (Å²) in [6, 6.07) is 8.34. The van der Waals surface area contributed by atoms with Crippen LogP contribution in [0.3, 0.4) is 0 Å². The first-order valence-corrected chi connectivity index (χ1v) is 13.0. The number of aliphatic carboxylic acids is 2. The average Bonchev–Trinajstić information content (AvgIpc) is 3.31. The number of unbranched alkanes of at least 4 members (excludes halogenated alkanes) is 4. The van der Waals surface area contributed by atoms with Crippen LogP contribution in [0.25, 0.3) is 0 Å². The van der Waals surface area contributed by atoms with Crippen molar-refractivity contribution in [3.8, 4) is 0 Å². The number of carbonyl (C=O) groups excluding carboxylic acids is 7. The lowest BCUT2D eigenvalue weighted by atomic mass is 9.96. The number of rotatable bonds is 14. The molecule has 2 aromatic rings. The van der Waals surface area contributed by atoms with E-state index < -0.39 is 41.4 Å². The summed E-state index contributed by atoms with van der Waals surface area (Å²) in [5.41, 5.74) is 0.780. The number of fused-ring (bicyclic) bond motifs is 2. The van der Waals surface area contributed by atoms with Crippen LogP contribution in [0, 0.1) is 0 Å². The van der Waals surface area contributed by atoms with Crippen molar-refractivity contribution in [2.24, 2.45) is 0 Å². The van der Waals surface area contributed by atoms with E-state index in [1.807, 2.05) is 0 Å². The van der Waals surface area contributed by atoms with Crippen LogP contribution in [0.15, 0.2) is 36.4 Å². The van der Waals surface area contributed by atoms with Gasteiger partial charge in [0, 0.05) is 36.2 Å². The SMILES string of the molecule is O=C([O-])CCCCCN1C(=O)c2ccc(C(=O)c3ccc4c(c3)C(=O)N(CCCCCC(=O)[O-])C4=O)cc2C1=O. The lowest BCUT2D eigenvalue weighted by Crippen LogP contribution is -2.30. The molecule has 0 N–H and O–H groups in total. The van der Waals surface area contributed by atoms with Crippen LogP contribution in [0.4, 0.5) is 0 Å². The fourth-order valence-corrected chi connectivity index (χ4v) is 4.87. The van der Waals surface area contributed by atoms with E-state index in [9.17, 15) is 43.8 Å². The number of amides is 4. The van der Waals surface area contributed by atoms with E-state index in [1.54, 1.807) is 0 Å². The Balaban J connectivity index is 1.43. The standard InChI is InChI=1S/C29H28N2O9/c32-23(33)7-3-1-5-13-30-26(37)19-11-9-17(15-21(19)28(30)39)25(36)18-10-12-20-22(16-18)29(40)31(27(20)38)14-6-2-4-8-24(34)35/h9-12,15-16H,1-8,13-14H2,(H,32,33)(H,34,35)/p-2. The molecule has 11 nitrogen and oxygen atoms in total. The Hall–Kier alpha value is -4.67. The summed E-state index contributed by atoms with van der Waals surface area (Å²) >= 11 is 0. The minimum atomic E-state index is -1.15. The Bertz CT molecular complexity index is 1320. The predicted molar refractivity (Wildman–Crippen MR) is 134 cm³/mol. The summed E-state index contributed by atoms with van der Waals surface area (Å²) in [7, 11) is 0. The van der Waals surface area contributed by atoms with Gasteiger partial charge in [-0.1, -0.05) is 25.0 Å². The molecule has 2 aliphatic rings. The molecule has 11 heteroatoms. The van der Waals surface area contributed by atoms with Crippen LogP contribution in [0.1, 0.15) is 109 Å². The maximum atomic E-state index is 13.3. The van der Waals surface area contributed by atoms with Crippen LogP contribution in [0.5, 0.6) is 0 Å². The molecule has 0 saturated heterocycles. The van der Waals surface area contributed by atoms with E-state index in [2.05, 4.69) is 0 Å². The fourth-order valence-electron chi connectivity index (χ4n) is 4.87. The summed E-state index contributed by atoms with van der Waals surface area (Å²) in [6.45, 7) is 0.244. The van der Waals surface area contributed by atoms with E-state index >= 15 is 0 Å². The zero-order valence-electron chi connectivity index (χ0n) is 21.6. The molecule has 40 heavy (non-hydrogen) atoms. The van der Waals surface area contributed by atoms with Gasteiger partial charge in [-0.25, -0.2) is 0 Å². The molecule has 2 aliphatic heterocycles. The smallest absolute Gasteiger partial charge is 0.261 e. The Morgan fingerprint density at radius 3 is 1.27 bits per heavy atom. The normalized spacial score (nSPS) is 14.1. The minimum Gasteiger partial charge on any atom is -0.550 e. The zero-order chi connectivity index (χ0) is 29.0. The third-order valence-corrected chi connectivity index (χ3v) is 6.99. The molecule has 0 unspecified atom stereocenters. The summed E-state index contributed by atoms with van der Waals surface area (Å²) in [5, 5.41) is 21.1. The van der Waals surface area contributed by atoms with E-state index in [-0.39, 0.29) is 59.3 Å². The molecule has 0 aromatic heterocycles. The molecule has 2 aromatic carbocycles. The van der Waals surface area contributed by atoms with Gasteiger partial charge in [-0.15, -0.1) is 0 Å². The third-order valence-electron chi connectivity index (χ3n) is 6.99. The van der Waals surface area contributed by atoms with Crippen LogP contribution in [0.2, 0.25) is 0 Å². The lowest BCUT2D eigenvalue weighted by molar-refractivity contribution is -0.307. The van der Waals surface area contributed by atoms with Crippen molar-refractivity contribution >= 4 is 41.4 Å². The van der Waals surface area contributed by atoms with Crippen LogP contribution in [-0.4, -0.2) is 64.2 Å². The van der Waals surface area contributed by atoms with Crippen molar-refractivity contribution in [2.75, 3.05) is 13.1 Å². The molecular formula is C29H26N2O9-2. The number of benzene rings is 2. The first-order chi connectivity index (χ1) is 19.1. The van der Waals surface area contributed by atoms with Crippen molar-refractivity contribution in [3.63, 3.8) is 0 Å². The second-order valence-electron chi connectivity index (χ2n) is 9.74. The van der Waals surface area contributed by atoms with Gasteiger partial charge in [0.25, 0.3) is 23.6 Å². The van der Waals surface area contributed by atoms with Crippen molar-refractivity contribution in [3.05, 3.63) is 69.8 Å². The van der Waals surface area contributed by atoms with Crippen molar-refractivity contribution in [1.82, 2.24) is 9.80 Å². The van der Waals surface area contributed by atoms with Crippen molar-refractivity contribution in [1.29, 1.82) is 0 Å². The second kappa shape index (κ2) is 12.0. The summed E-state index contributed by atoms with van der Waals surface area (Å²) in [4.78, 5) is 87.7. The Kier molecular flexibility index (Phi) is 8.52. The van der Waals surface area contributed by atoms with E-state index in [0.29, 0.717) is 38.5 Å². The molecular weight excluding hydrogens is 520 g/mol. The number of carboxylic acid groups (broad SMARTS) is 2. The number of nitrogens with zero attached hydrogens (tertiary/aromatic N) is 2. The molecule has 0 bridgehead atoms. The monoisotopic (exact) mass is 546 g/mol.